The fourth-order valence-corrected chi connectivity index (χ4v) is 8.54. The number of amides is 4. The summed E-state index contributed by atoms with van der Waals surface area (Å²) < 4.78 is 112. The molecule has 4 amide bonds. The van der Waals surface area contributed by atoms with Crippen LogP contribution in [-0.2, 0) is 31.1 Å². The van der Waals surface area contributed by atoms with Crippen molar-refractivity contribution in [2.24, 2.45) is 0 Å². The number of urea groups is 2. The topological polar surface area (TPSA) is 240 Å². The second-order valence-electron chi connectivity index (χ2n) is 14.9. The number of aliphatic hydroxyl groups excluding tert-OH is 4. The molecule has 2 fully saturated rings. The molecule has 0 radical (unpaired) electrons. The average molecular weight is 902 g/mol. The number of benzene rings is 2. The van der Waals surface area contributed by atoms with Crippen LogP contribution in [0.4, 0.5) is 47.3 Å². The molecule has 0 aromatic heterocycles. The normalized spacial score (nSPS) is 26.9. The molecule has 16 nitrogen and oxygen atoms in total. The number of unbranched alkanes of at least 4 members (excludes halogenated alkanes) is 7. The van der Waals surface area contributed by atoms with Crippen molar-refractivity contribution in [2.45, 2.75) is 126 Å². The minimum Gasteiger partial charge on any atom is -0.394 e. The Morgan fingerprint density at radius 3 is 1.82 bits per heavy atom. The van der Waals surface area contributed by atoms with Gasteiger partial charge >= 0.3 is 24.4 Å². The smallest absolute Gasteiger partial charge is 0.394 e. The Kier molecular flexibility index (Phi) is 18.6. The first-order valence-corrected chi connectivity index (χ1v) is 21.7. The van der Waals surface area contributed by atoms with Gasteiger partial charge in [0, 0.05) is 17.5 Å². The number of halogens is 6. The van der Waals surface area contributed by atoms with E-state index < -0.39 is 118 Å². The molecule has 344 valence electrons. The SMILES string of the molecule is CCCCCCCCCCP(=O)(O)N[C@H]1C(CO)OCC(NC(=O)Nc2cccc(C(F)(F)F)c2)[C@H]1O[C@@H]1OC(CO)[C@@H](O)[C@H](O)C1NC(=O)Nc1cccc(C(F)(F)F)c1. The summed E-state index contributed by atoms with van der Waals surface area (Å²) in [5.74, 6) is 0. The van der Waals surface area contributed by atoms with E-state index >= 15 is 0 Å². The molecule has 2 aliphatic rings. The van der Waals surface area contributed by atoms with Crippen molar-refractivity contribution >= 4 is 31.0 Å². The summed E-state index contributed by atoms with van der Waals surface area (Å²) in [6.07, 6.45) is -13.1. The Labute approximate surface area is 348 Å². The van der Waals surface area contributed by atoms with Crippen LogP contribution in [0.1, 0.15) is 69.4 Å². The fourth-order valence-electron chi connectivity index (χ4n) is 6.98. The third-order valence-corrected chi connectivity index (χ3v) is 11.8. The predicted octanol–water partition coefficient (Wildman–Crippen LogP) is 4.90. The summed E-state index contributed by atoms with van der Waals surface area (Å²) in [6.45, 7) is -0.0994. The van der Waals surface area contributed by atoms with Crippen LogP contribution in [0.2, 0.25) is 0 Å². The van der Waals surface area contributed by atoms with Crippen molar-refractivity contribution in [3.63, 3.8) is 0 Å². The van der Waals surface area contributed by atoms with Gasteiger partial charge in [-0.2, -0.15) is 26.3 Å². The second kappa shape index (κ2) is 22.7. The molecule has 2 aliphatic heterocycles. The van der Waals surface area contributed by atoms with Crippen LogP contribution in [0, 0.1) is 0 Å². The number of carbonyl (C=O) groups excluding carboxylic acids is 2. The van der Waals surface area contributed by atoms with E-state index in [4.69, 9.17) is 14.2 Å². The van der Waals surface area contributed by atoms with E-state index in [9.17, 15) is 65.8 Å². The summed E-state index contributed by atoms with van der Waals surface area (Å²) in [5.41, 5.74) is -2.76. The van der Waals surface area contributed by atoms with Crippen molar-refractivity contribution in [3.05, 3.63) is 59.7 Å². The lowest BCUT2D eigenvalue weighted by atomic mass is 9.94. The first kappa shape index (κ1) is 50.1. The first-order chi connectivity index (χ1) is 28.8. The quantitative estimate of drug-likeness (QED) is 0.0515. The summed E-state index contributed by atoms with van der Waals surface area (Å²) in [6, 6.07) is 0.248. The molecule has 0 saturated carbocycles. The largest absolute Gasteiger partial charge is 0.416 e. The lowest BCUT2D eigenvalue weighted by Gasteiger charge is -2.48. The molecular formula is C38H54F6N5O11P. The number of carbonyl (C=O) groups is 2. The van der Waals surface area contributed by atoms with Crippen molar-refractivity contribution in [2.75, 3.05) is 36.6 Å². The number of rotatable bonds is 19. The Balaban J connectivity index is 1.62. The highest BCUT2D eigenvalue weighted by Gasteiger charge is 2.51. The molecule has 2 aromatic rings. The molecular weight excluding hydrogens is 847 g/mol. The van der Waals surface area contributed by atoms with E-state index in [0.717, 1.165) is 68.9 Å². The zero-order chi connectivity index (χ0) is 45.0. The molecule has 0 bridgehead atoms. The van der Waals surface area contributed by atoms with Crippen LogP contribution in [-0.4, -0.2) is 118 Å². The van der Waals surface area contributed by atoms with Crippen LogP contribution in [0.5, 0.6) is 0 Å². The molecule has 2 saturated heterocycles. The molecule has 61 heavy (non-hydrogen) atoms. The lowest BCUT2D eigenvalue weighted by Crippen LogP contribution is -2.70. The van der Waals surface area contributed by atoms with Crippen molar-refractivity contribution in [3.8, 4) is 0 Å². The highest BCUT2D eigenvalue weighted by molar-refractivity contribution is 7.55. The van der Waals surface area contributed by atoms with Gasteiger partial charge in [0.05, 0.1) is 49.1 Å². The molecule has 2 aromatic carbocycles. The Hall–Kier alpha value is -3.57. The van der Waals surface area contributed by atoms with Crippen LogP contribution in [0.3, 0.4) is 0 Å². The maximum absolute atomic E-state index is 13.7. The van der Waals surface area contributed by atoms with E-state index in [1.807, 2.05) is 0 Å². The number of aliphatic hydroxyl groups is 4. The molecule has 0 aliphatic carbocycles. The molecule has 0 spiro atoms. The van der Waals surface area contributed by atoms with E-state index in [0.29, 0.717) is 25.0 Å². The van der Waals surface area contributed by atoms with Gasteiger partial charge in [-0.05, 0) is 42.8 Å². The van der Waals surface area contributed by atoms with E-state index in [2.05, 4.69) is 33.3 Å². The number of ether oxygens (including phenoxy) is 3. The van der Waals surface area contributed by atoms with E-state index in [1.54, 1.807) is 0 Å². The summed E-state index contributed by atoms with van der Waals surface area (Å²) in [4.78, 5) is 37.7. The Morgan fingerprint density at radius 2 is 1.30 bits per heavy atom. The second-order valence-corrected chi connectivity index (χ2v) is 17.0. The van der Waals surface area contributed by atoms with Crippen LogP contribution >= 0.6 is 7.52 Å². The van der Waals surface area contributed by atoms with Crippen LogP contribution < -0.4 is 26.4 Å². The third kappa shape index (κ3) is 15.0. The minimum absolute atomic E-state index is 0.241. The molecule has 10 atom stereocenters. The molecule has 23 heteroatoms. The van der Waals surface area contributed by atoms with Crippen molar-refractivity contribution in [1.82, 2.24) is 15.7 Å². The maximum Gasteiger partial charge on any atom is 0.416 e. The Bertz CT molecular complexity index is 1760. The number of hydrogen-bond donors (Lipinski definition) is 10. The number of alkyl halides is 6. The number of nitrogens with one attached hydrogen (secondary N) is 5. The highest BCUT2D eigenvalue weighted by atomic mass is 31.2. The van der Waals surface area contributed by atoms with Crippen molar-refractivity contribution < 1.29 is 80.0 Å². The third-order valence-electron chi connectivity index (χ3n) is 10.2. The van der Waals surface area contributed by atoms with Gasteiger partial charge in [-0.3, -0.25) is 4.57 Å². The molecule has 10 N–H and O–H groups in total. The maximum atomic E-state index is 13.7. The zero-order valence-electron chi connectivity index (χ0n) is 33.2. The number of anilines is 2. The van der Waals surface area contributed by atoms with Gasteiger partial charge in [0.15, 0.2) is 6.29 Å². The van der Waals surface area contributed by atoms with Gasteiger partial charge in [-0.1, -0.05) is 64.0 Å². The van der Waals surface area contributed by atoms with Gasteiger partial charge in [0.1, 0.15) is 30.5 Å². The lowest BCUT2D eigenvalue weighted by molar-refractivity contribution is -0.293. The highest BCUT2D eigenvalue weighted by Crippen LogP contribution is 2.40. The zero-order valence-corrected chi connectivity index (χ0v) is 34.1. The van der Waals surface area contributed by atoms with Gasteiger partial charge in [0.25, 0.3) is 7.52 Å². The monoisotopic (exact) mass is 901 g/mol. The minimum atomic E-state index is -4.76. The van der Waals surface area contributed by atoms with Crippen LogP contribution in [0.25, 0.3) is 0 Å². The molecule has 2 heterocycles. The van der Waals surface area contributed by atoms with Gasteiger partial charge in [-0.25, -0.2) is 14.7 Å². The Morgan fingerprint density at radius 1 is 0.770 bits per heavy atom. The van der Waals surface area contributed by atoms with E-state index in [1.165, 1.54) is 6.07 Å². The van der Waals surface area contributed by atoms with Gasteiger partial charge in [0.2, 0.25) is 0 Å². The summed E-state index contributed by atoms with van der Waals surface area (Å²) >= 11 is 0. The standard InChI is InChI=1S/C38H54F6N5O11P/c1-2-3-4-5-6-7-8-9-16-61(56,57)49-29-27(19-50)58-21-26(47-35(54)45-24-14-10-12-22(17-24)37(39,40)41)33(29)60-34-30(32(53)31(52)28(20-51)59-34)48-36(55)46-25-15-11-13-23(18-25)38(42,43)44/h10-15,17-18,26-34,50-53H,2-9,16,19-21H2,1H3,(H2,45,47,54)(H2,46,48,55)(H2,49,56,57)/t26?,27?,28?,29-,30?,31+,32+,33+,34-/m0/s1. The number of hydrogen-bond acceptors (Lipinski definition) is 10. The molecule has 4 rings (SSSR count). The van der Waals surface area contributed by atoms with Crippen molar-refractivity contribution in [1.29, 1.82) is 0 Å². The van der Waals surface area contributed by atoms with E-state index in [-0.39, 0.29) is 17.5 Å². The van der Waals surface area contributed by atoms with Gasteiger partial charge < -0.3 is 60.8 Å². The van der Waals surface area contributed by atoms with Crippen LogP contribution in [0.15, 0.2) is 48.5 Å². The average Bonchev–Trinajstić information content (AvgIpc) is 3.19. The summed E-state index contributed by atoms with van der Waals surface area (Å²) in [5, 5.41) is 54.0. The predicted molar refractivity (Wildman–Crippen MR) is 208 cm³/mol. The fraction of sp³-hybridized carbons (Fsp3) is 0.632. The first-order valence-electron chi connectivity index (χ1n) is 19.9. The molecule has 5 unspecified atom stereocenters. The summed E-state index contributed by atoms with van der Waals surface area (Å²) in [7, 11) is -4.32. The van der Waals surface area contributed by atoms with Gasteiger partial charge in [-0.15, -0.1) is 0 Å².